The summed E-state index contributed by atoms with van der Waals surface area (Å²) in [6.45, 7) is 1.60. The van der Waals surface area contributed by atoms with Gasteiger partial charge in [0.25, 0.3) is 0 Å². The Balaban J connectivity index is 1.59. The Morgan fingerprint density at radius 3 is 2.33 bits per heavy atom. The highest BCUT2D eigenvalue weighted by molar-refractivity contribution is 7.90. The number of sulfone groups is 1. The van der Waals surface area contributed by atoms with E-state index in [0.717, 1.165) is 24.1 Å². The molecule has 0 saturated carbocycles. The number of pyridine rings is 1. The van der Waals surface area contributed by atoms with E-state index < -0.39 is 28.1 Å². The van der Waals surface area contributed by atoms with Crippen LogP contribution in [0.5, 0.6) is 0 Å². The summed E-state index contributed by atoms with van der Waals surface area (Å²) in [7, 11) is -3.36. The van der Waals surface area contributed by atoms with Crippen LogP contribution in [0.1, 0.15) is 13.0 Å². The van der Waals surface area contributed by atoms with E-state index >= 15 is 0 Å². The van der Waals surface area contributed by atoms with Gasteiger partial charge in [-0.3, -0.25) is 9.80 Å². The zero-order chi connectivity index (χ0) is 24.0. The van der Waals surface area contributed by atoms with E-state index in [-0.39, 0.29) is 28.8 Å². The topological polar surface area (TPSA) is 101 Å². The predicted octanol–water partition coefficient (Wildman–Crippen LogP) is 3.31. The number of hydrogen-bond acceptors (Lipinski definition) is 6. The van der Waals surface area contributed by atoms with Crippen LogP contribution in [-0.2, 0) is 9.84 Å². The number of aromatic nitrogens is 4. The summed E-state index contributed by atoms with van der Waals surface area (Å²) >= 11 is 0. The normalized spacial score (nSPS) is 15.8. The molecule has 1 fully saturated rings. The summed E-state index contributed by atoms with van der Waals surface area (Å²) in [4.78, 5) is 20.4. The standard InChI is InChI=1S/C20H19F3N6O3S/c1-13(20(21,22)23)29-12-24-26-18(29)16-4-3-5-17(25-16)28-11-10-27(19(28)30)14-6-8-15(9-7-14)33(2,31)32/h3-9,12-13H,10-11H2,1-2H3. The van der Waals surface area contributed by atoms with Crippen molar-refractivity contribution in [1.82, 2.24) is 19.7 Å². The molecule has 0 spiro atoms. The molecule has 1 aliphatic rings. The number of nitrogens with zero attached hydrogens (tertiary/aromatic N) is 6. The SMILES string of the molecule is CC(n1cnnc1-c1cccc(N2CCN(c3ccc(S(C)(=O)=O)cc3)C2=O)n1)C(F)(F)F. The molecule has 1 saturated heterocycles. The highest BCUT2D eigenvalue weighted by atomic mass is 32.2. The number of alkyl halides is 3. The second-order valence-corrected chi connectivity index (χ2v) is 9.53. The first-order chi connectivity index (χ1) is 15.5. The molecule has 13 heteroatoms. The number of urea groups is 1. The highest BCUT2D eigenvalue weighted by Gasteiger charge is 2.39. The number of benzene rings is 1. The van der Waals surface area contributed by atoms with Gasteiger partial charge in [-0.1, -0.05) is 6.07 Å². The zero-order valence-electron chi connectivity index (χ0n) is 17.6. The van der Waals surface area contributed by atoms with Crippen molar-refractivity contribution in [3.63, 3.8) is 0 Å². The van der Waals surface area contributed by atoms with Crippen LogP contribution in [0.2, 0.25) is 0 Å². The minimum Gasteiger partial charge on any atom is -0.300 e. The highest BCUT2D eigenvalue weighted by Crippen LogP contribution is 2.33. The lowest BCUT2D eigenvalue weighted by atomic mass is 10.2. The summed E-state index contributed by atoms with van der Waals surface area (Å²) < 4.78 is 63.7. The molecular formula is C20H19F3N6O3S. The molecule has 3 aromatic rings. The summed E-state index contributed by atoms with van der Waals surface area (Å²) in [6, 6.07) is 8.34. The van der Waals surface area contributed by atoms with Gasteiger partial charge in [-0.2, -0.15) is 13.2 Å². The van der Waals surface area contributed by atoms with Crippen LogP contribution in [0, 0.1) is 0 Å². The van der Waals surface area contributed by atoms with E-state index in [1.165, 1.54) is 28.0 Å². The number of carbonyl (C=O) groups excluding carboxylic acids is 1. The minimum absolute atomic E-state index is 0.0680. The molecule has 1 unspecified atom stereocenters. The van der Waals surface area contributed by atoms with Crippen molar-refractivity contribution in [2.75, 3.05) is 29.1 Å². The molecule has 2 aromatic heterocycles. The van der Waals surface area contributed by atoms with Crippen LogP contribution in [0.3, 0.4) is 0 Å². The molecule has 1 aromatic carbocycles. The Hall–Kier alpha value is -3.48. The van der Waals surface area contributed by atoms with Crippen LogP contribution >= 0.6 is 0 Å². The van der Waals surface area contributed by atoms with Gasteiger partial charge >= 0.3 is 12.2 Å². The van der Waals surface area contributed by atoms with Gasteiger partial charge in [0.15, 0.2) is 15.7 Å². The number of amides is 2. The predicted molar refractivity (Wildman–Crippen MR) is 114 cm³/mol. The van der Waals surface area contributed by atoms with Crippen molar-refractivity contribution in [3.05, 3.63) is 48.8 Å². The van der Waals surface area contributed by atoms with E-state index in [9.17, 15) is 26.4 Å². The van der Waals surface area contributed by atoms with Crippen LogP contribution in [0.4, 0.5) is 29.5 Å². The molecule has 1 atom stereocenters. The molecule has 0 aliphatic carbocycles. The van der Waals surface area contributed by atoms with Crippen LogP contribution in [0.25, 0.3) is 11.5 Å². The van der Waals surface area contributed by atoms with Crippen LogP contribution in [0.15, 0.2) is 53.7 Å². The van der Waals surface area contributed by atoms with E-state index in [1.54, 1.807) is 24.3 Å². The van der Waals surface area contributed by atoms with Gasteiger partial charge in [0.05, 0.1) is 4.90 Å². The Kier molecular flexibility index (Phi) is 5.60. The third-order valence-electron chi connectivity index (χ3n) is 5.29. The van der Waals surface area contributed by atoms with Gasteiger partial charge in [-0.05, 0) is 43.3 Å². The van der Waals surface area contributed by atoms with E-state index in [1.807, 2.05) is 0 Å². The smallest absolute Gasteiger partial charge is 0.300 e. The Labute approximate surface area is 187 Å². The second kappa shape index (κ2) is 8.14. The number of halogens is 3. The number of hydrogen-bond donors (Lipinski definition) is 0. The average Bonchev–Trinajstić information content (AvgIpc) is 3.39. The number of anilines is 2. The fourth-order valence-electron chi connectivity index (χ4n) is 3.43. The average molecular weight is 480 g/mol. The van der Waals surface area contributed by atoms with E-state index in [4.69, 9.17) is 0 Å². The van der Waals surface area contributed by atoms with Crippen molar-refractivity contribution in [2.24, 2.45) is 0 Å². The van der Waals surface area contributed by atoms with Crippen molar-refractivity contribution >= 4 is 27.4 Å². The molecule has 0 radical (unpaired) electrons. The first kappa shape index (κ1) is 22.7. The monoisotopic (exact) mass is 480 g/mol. The van der Waals surface area contributed by atoms with Crippen LogP contribution in [-0.4, -0.2) is 59.7 Å². The van der Waals surface area contributed by atoms with Crippen molar-refractivity contribution in [2.45, 2.75) is 24.0 Å². The maximum Gasteiger partial charge on any atom is 0.408 e. The first-order valence-corrected chi connectivity index (χ1v) is 11.7. The van der Waals surface area contributed by atoms with E-state index in [0.29, 0.717) is 12.2 Å². The van der Waals surface area contributed by atoms with Gasteiger partial charge in [-0.15, -0.1) is 10.2 Å². The summed E-state index contributed by atoms with van der Waals surface area (Å²) in [6.07, 6.45) is -2.41. The van der Waals surface area contributed by atoms with E-state index in [2.05, 4.69) is 15.2 Å². The fraction of sp³-hybridized carbons (Fsp3) is 0.300. The molecule has 4 rings (SSSR count). The largest absolute Gasteiger partial charge is 0.408 e. The Morgan fingerprint density at radius 1 is 1.03 bits per heavy atom. The van der Waals surface area contributed by atoms with Gasteiger partial charge in [0, 0.05) is 25.0 Å². The maximum atomic E-state index is 13.2. The number of carbonyl (C=O) groups is 1. The summed E-state index contributed by atoms with van der Waals surface area (Å²) in [5.41, 5.74) is 0.662. The Morgan fingerprint density at radius 2 is 1.70 bits per heavy atom. The van der Waals surface area contributed by atoms with Crippen molar-refractivity contribution < 1.29 is 26.4 Å². The molecule has 2 amide bonds. The maximum absolute atomic E-state index is 13.2. The lowest BCUT2D eigenvalue weighted by Crippen LogP contribution is -2.32. The summed E-state index contributed by atoms with van der Waals surface area (Å²) in [5.74, 6) is 0.184. The van der Waals surface area contributed by atoms with Crippen molar-refractivity contribution in [1.29, 1.82) is 0 Å². The molecule has 174 valence electrons. The molecule has 9 nitrogen and oxygen atoms in total. The van der Waals surface area contributed by atoms with Gasteiger partial charge in [-0.25, -0.2) is 18.2 Å². The molecular weight excluding hydrogens is 461 g/mol. The second-order valence-electron chi connectivity index (χ2n) is 7.51. The van der Waals surface area contributed by atoms with Crippen molar-refractivity contribution in [3.8, 4) is 11.5 Å². The summed E-state index contributed by atoms with van der Waals surface area (Å²) in [5, 5.41) is 7.38. The molecule has 3 heterocycles. The third kappa shape index (κ3) is 4.40. The quantitative estimate of drug-likeness (QED) is 0.555. The minimum atomic E-state index is -4.49. The molecule has 33 heavy (non-hydrogen) atoms. The Bertz CT molecular complexity index is 1290. The van der Waals surface area contributed by atoms with Crippen LogP contribution < -0.4 is 9.80 Å². The first-order valence-electron chi connectivity index (χ1n) is 9.79. The fourth-order valence-corrected chi connectivity index (χ4v) is 4.06. The van der Waals surface area contributed by atoms with Gasteiger partial charge in [0.2, 0.25) is 0 Å². The zero-order valence-corrected chi connectivity index (χ0v) is 18.4. The molecule has 0 bridgehead atoms. The number of rotatable bonds is 5. The van der Waals surface area contributed by atoms with Gasteiger partial charge in [0.1, 0.15) is 23.9 Å². The van der Waals surface area contributed by atoms with Gasteiger partial charge < -0.3 is 4.57 Å². The molecule has 0 N–H and O–H groups in total. The third-order valence-corrected chi connectivity index (χ3v) is 6.42. The lowest BCUT2D eigenvalue weighted by Gasteiger charge is -2.20. The lowest BCUT2D eigenvalue weighted by molar-refractivity contribution is -0.162. The molecule has 1 aliphatic heterocycles.